The van der Waals surface area contributed by atoms with Gasteiger partial charge >= 0.3 is 0 Å². The van der Waals surface area contributed by atoms with E-state index in [0.29, 0.717) is 12.5 Å². The Morgan fingerprint density at radius 2 is 2.18 bits per heavy atom. The zero-order valence-corrected chi connectivity index (χ0v) is 14.1. The van der Waals surface area contributed by atoms with Crippen molar-refractivity contribution in [1.29, 1.82) is 0 Å². The van der Waals surface area contributed by atoms with Crippen molar-refractivity contribution in [2.75, 3.05) is 0 Å². The van der Waals surface area contributed by atoms with Gasteiger partial charge in [-0.1, -0.05) is 25.3 Å². The second kappa shape index (κ2) is 7.70. The monoisotopic (exact) mass is 332 g/mol. The molecule has 0 radical (unpaired) electrons. The first-order valence-corrected chi connectivity index (χ1v) is 9.51. The van der Waals surface area contributed by atoms with Crippen LogP contribution in [0.2, 0.25) is 0 Å². The highest BCUT2D eigenvalue weighted by Crippen LogP contribution is 2.32. The molecular formula is C17H20N2OS2. The van der Waals surface area contributed by atoms with E-state index >= 15 is 0 Å². The van der Waals surface area contributed by atoms with E-state index in [1.54, 1.807) is 28.7 Å². The number of amides is 1. The summed E-state index contributed by atoms with van der Waals surface area (Å²) >= 11 is 3.27. The van der Waals surface area contributed by atoms with Gasteiger partial charge in [0, 0.05) is 22.3 Å². The molecule has 2 aromatic rings. The molecule has 0 unspecified atom stereocenters. The van der Waals surface area contributed by atoms with E-state index in [1.165, 1.54) is 37.8 Å². The van der Waals surface area contributed by atoms with Crippen LogP contribution in [0.25, 0.3) is 6.08 Å². The van der Waals surface area contributed by atoms with Crippen molar-refractivity contribution in [2.24, 2.45) is 0 Å². The van der Waals surface area contributed by atoms with Gasteiger partial charge in [-0.3, -0.25) is 4.79 Å². The summed E-state index contributed by atoms with van der Waals surface area (Å²) in [5.41, 5.74) is 1.23. The van der Waals surface area contributed by atoms with Gasteiger partial charge in [0.2, 0.25) is 5.91 Å². The minimum atomic E-state index is -0.0668. The Balaban J connectivity index is 1.49. The fourth-order valence-corrected chi connectivity index (χ4v) is 4.19. The second-order valence-corrected chi connectivity index (χ2v) is 7.49. The fraction of sp³-hybridized carbons (Fsp3) is 0.412. The van der Waals surface area contributed by atoms with Crippen LogP contribution >= 0.6 is 22.7 Å². The number of thiophene rings is 1. The van der Waals surface area contributed by atoms with Crippen LogP contribution < -0.4 is 5.32 Å². The van der Waals surface area contributed by atoms with Gasteiger partial charge in [-0.25, -0.2) is 4.98 Å². The third-order valence-electron chi connectivity index (χ3n) is 3.95. The van der Waals surface area contributed by atoms with Crippen molar-refractivity contribution in [3.63, 3.8) is 0 Å². The molecule has 1 N–H and O–H groups in total. The van der Waals surface area contributed by atoms with Crippen molar-refractivity contribution in [2.45, 2.75) is 44.6 Å². The second-order valence-electron chi connectivity index (χ2n) is 5.57. The largest absolute Gasteiger partial charge is 0.346 e. The number of aromatic nitrogens is 1. The van der Waals surface area contributed by atoms with Gasteiger partial charge < -0.3 is 5.32 Å². The van der Waals surface area contributed by atoms with Crippen LogP contribution in [0.3, 0.4) is 0 Å². The van der Waals surface area contributed by atoms with Gasteiger partial charge in [-0.15, -0.1) is 22.7 Å². The normalized spacial score (nSPS) is 16.2. The molecule has 1 aliphatic carbocycles. The molecule has 0 saturated heterocycles. The highest BCUT2D eigenvalue weighted by Gasteiger charge is 2.18. The summed E-state index contributed by atoms with van der Waals surface area (Å²) in [6.07, 6.45) is 9.96. The number of carbonyl (C=O) groups excluding carboxylic acids is 1. The minimum Gasteiger partial charge on any atom is -0.346 e. The van der Waals surface area contributed by atoms with Gasteiger partial charge in [0.1, 0.15) is 5.01 Å². The molecule has 2 aromatic heterocycles. The summed E-state index contributed by atoms with van der Waals surface area (Å²) in [6.45, 7) is 0.519. The highest BCUT2D eigenvalue weighted by atomic mass is 32.1. The van der Waals surface area contributed by atoms with E-state index in [0.717, 1.165) is 9.88 Å². The van der Waals surface area contributed by atoms with Crippen molar-refractivity contribution >= 4 is 34.7 Å². The molecule has 1 aliphatic rings. The molecule has 116 valence electrons. The van der Waals surface area contributed by atoms with Gasteiger partial charge in [0.15, 0.2) is 0 Å². The molecule has 0 atom stereocenters. The van der Waals surface area contributed by atoms with E-state index in [2.05, 4.69) is 10.7 Å². The predicted octanol–water partition coefficient (Wildman–Crippen LogP) is 4.58. The van der Waals surface area contributed by atoms with Gasteiger partial charge in [0.25, 0.3) is 0 Å². The summed E-state index contributed by atoms with van der Waals surface area (Å²) in [7, 11) is 0. The molecule has 0 spiro atoms. The first-order chi connectivity index (χ1) is 10.8. The molecule has 0 aromatic carbocycles. The average molecular weight is 332 g/mol. The molecule has 1 saturated carbocycles. The molecule has 5 heteroatoms. The van der Waals surface area contributed by atoms with Crippen LogP contribution in [-0.4, -0.2) is 10.9 Å². The van der Waals surface area contributed by atoms with Crippen molar-refractivity contribution in [1.82, 2.24) is 10.3 Å². The van der Waals surface area contributed by atoms with Crippen LogP contribution in [0.5, 0.6) is 0 Å². The topological polar surface area (TPSA) is 42.0 Å². The summed E-state index contributed by atoms with van der Waals surface area (Å²) in [6, 6.07) is 3.97. The molecule has 3 rings (SSSR count). The summed E-state index contributed by atoms with van der Waals surface area (Å²) < 4.78 is 0. The van der Waals surface area contributed by atoms with Crippen molar-refractivity contribution in [3.05, 3.63) is 44.5 Å². The quantitative estimate of drug-likeness (QED) is 0.814. The molecule has 1 amide bonds. The number of carbonyl (C=O) groups is 1. The molecule has 3 nitrogen and oxygen atoms in total. The number of rotatable bonds is 5. The Hall–Kier alpha value is -1.46. The van der Waals surface area contributed by atoms with Crippen LogP contribution in [0, 0.1) is 0 Å². The SMILES string of the molecule is O=C(/C=C/c1cccs1)NCc1nc(C2CCCCC2)cs1. The number of thiazole rings is 1. The smallest absolute Gasteiger partial charge is 0.244 e. The molecule has 1 fully saturated rings. The molecule has 0 aliphatic heterocycles. The fourth-order valence-electron chi connectivity index (χ4n) is 2.76. The maximum atomic E-state index is 11.8. The van der Waals surface area contributed by atoms with Crippen LogP contribution in [0.4, 0.5) is 0 Å². The standard InChI is InChI=1S/C17H20N2OS2/c20-16(9-8-14-7-4-10-21-14)18-11-17-19-15(12-22-17)13-5-2-1-3-6-13/h4,7-10,12-13H,1-3,5-6,11H2,(H,18,20)/b9-8+. The Morgan fingerprint density at radius 3 is 2.95 bits per heavy atom. The zero-order chi connectivity index (χ0) is 15.2. The van der Waals surface area contributed by atoms with E-state index in [1.807, 2.05) is 23.6 Å². The van der Waals surface area contributed by atoms with E-state index < -0.39 is 0 Å². The minimum absolute atomic E-state index is 0.0668. The first-order valence-electron chi connectivity index (χ1n) is 7.75. The van der Waals surface area contributed by atoms with E-state index in [9.17, 15) is 4.79 Å². The molecule has 22 heavy (non-hydrogen) atoms. The lowest BCUT2D eigenvalue weighted by Crippen LogP contribution is -2.20. The van der Waals surface area contributed by atoms with Gasteiger partial charge in [0.05, 0.1) is 12.2 Å². The Bertz CT molecular complexity index is 625. The first kappa shape index (κ1) is 15.4. The average Bonchev–Trinajstić information content (AvgIpc) is 3.23. The Morgan fingerprint density at radius 1 is 1.32 bits per heavy atom. The zero-order valence-electron chi connectivity index (χ0n) is 12.5. The lowest BCUT2D eigenvalue weighted by molar-refractivity contribution is -0.116. The van der Waals surface area contributed by atoms with E-state index in [-0.39, 0.29) is 5.91 Å². The Labute approximate surface area is 139 Å². The predicted molar refractivity (Wildman–Crippen MR) is 93.1 cm³/mol. The third kappa shape index (κ3) is 4.27. The molecule has 2 heterocycles. The maximum Gasteiger partial charge on any atom is 0.244 e. The van der Waals surface area contributed by atoms with Crippen molar-refractivity contribution < 1.29 is 4.79 Å². The summed E-state index contributed by atoms with van der Waals surface area (Å²) in [5, 5.41) is 8.07. The van der Waals surface area contributed by atoms with Crippen molar-refractivity contribution in [3.8, 4) is 0 Å². The van der Waals surface area contributed by atoms with Crippen LogP contribution in [0.15, 0.2) is 29.0 Å². The summed E-state index contributed by atoms with van der Waals surface area (Å²) in [5.74, 6) is 0.566. The lowest BCUT2D eigenvalue weighted by atomic mass is 9.87. The van der Waals surface area contributed by atoms with Crippen LogP contribution in [0.1, 0.15) is 53.6 Å². The lowest BCUT2D eigenvalue weighted by Gasteiger charge is -2.19. The number of nitrogens with zero attached hydrogens (tertiary/aromatic N) is 1. The number of hydrogen-bond acceptors (Lipinski definition) is 4. The number of nitrogens with one attached hydrogen (secondary N) is 1. The number of hydrogen-bond donors (Lipinski definition) is 1. The Kier molecular flexibility index (Phi) is 5.40. The van der Waals surface area contributed by atoms with Gasteiger partial charge in [-0.05, 0) is 30.4 Å². The summed E-state index contributed by atoms with van der Waals surface area (Å²) in [4.78, 5) is 17.6. The van der Waals surface area contributed by atoms with Crippen LogP contribution in [-0.2, 0) is 11.3 Å². The van der Waals surface area contributed by atoms with Gasteiger partial charge in [-0.2, -0.15) is 0 Å². The highest BCUT2D eigenvalue weighted by molar-refractivity contribution is 7.10. The molecule has 0 bridgehead atoms. The maximum absolute atomic E-state index is 11.8. The molecular weight excluding hydrogens is 312 g/mol. The van der Waals surface area contributed by atoms with E-state index in [4.69, 9.17) is 4.98 Å². The third-order valence-corrected chi connectivity index (χ3v) is 5.65.